The van der Waals surface area contributed by atoms with Crippen molar-refractivity contribution in [3.63, 3.8) is 0 Å². The number of aromatic nitrogens is 2. The zero-order valence-corrected chi connectivity index (χ0v) is 18.9. The number of hydrogen-bond donors (Lipinski definition) is 0. The molecule has 1 aromatic heterocycles. The molecule has 0 spiro atoms. The van der Waals surface area contributed by atoms with Gasteiger partial charge < -0.3 is 9.80 Å². The first-order chi connectivity index (χ1) is 15.7. The van der Waals surface area contributed by atoms with Gasteiger partial charge in [0.05, 0.1) is 0 Å². The Balaban J connectivity index is 1.25. The SMILES string of the molecule is CSc1nccn1-c1cccc(C(=O)N2CCC(C(=O)N3CCc4ccccc43)CC2)c1. The highest BCUT2D eigenvalue weighted by Gasteiger charge is 2.33. The molecule has 2 aromatic carbocycles. The lowest BCUT2D eigenvalue weighted by molar-refractivity contribution is -0.123. The van der Waals surface area contributed by atoms with Gasteiger partial charge in [0.15, 0.2) is 5.16 Å². The summed E-state index contributed by atoms with van der Waals surface area (Å²) >= 11 is 1.57. The fourth-order valence-electron chi connectivity index (χ4n) is 4.73. The van der Waals surface area contributed by atoms with Crippen LogP contribution in [0.5, 0.6) is 0 Å². The van der Waals surface area contributed by atoms with E-state index in [0.29, 0.717) is 31.5 Å². The van der Waals surface area contributed by atoms with Crippen LogP contribution in [0, 0.1) is 5.92 Å². The van der Waals surface area contributed by atoms with Crippen LogP contribution in [0.2, 0.25) is 0 Å². The molecular formula is C25H26N4O2S. The molecule has 164 valence electrons. The summed E-state index contributed by atoms with van der Waals surface area (Å²) in [7, 11) is 0. The van der Waals surface area contributed by atoms with Gasteiger partial charge in [-0.15, -0.1) is 0 Å². The second-order valence-corrected chi connectivity index (χ2v) is 9.04. The predicted molar refractivity (Wildman–Crippen MR) is 126 cm³/mol. The number of nitrogens with zero attached hydrogens (tertiary/aromatic N) is 4. The second-order valence-electron chi connectivity index (χ2n) is 8.27. The minimum Gasteiger partial charge on any atom is -0.339 e. The summed E-state index contributed by atoms with van der Waals surface area (Å²) in [6, 6.07) is 15.8. The molecule has 3 aromatic rings. The van der Waals surface area contributed by atoms with Crippen molar-refractivity contribution >= 4 is 29.3 Å². The van der Waals surface area contributed by atoms with Gasteiger partial charge in [0, 0.05) is 54.9 Å². The van der Waals surface area contributed by atoms with E-state index in [1.54, 1.807) is 18.0 Å². The van der Waals surface area contributed by atoms with Gasteiger partial charge in [-0.3, -0.25) is 14.2 Å². The first-order valence-electron chi connectivity index (χ1n) is 11.0. The summed E-state index contributed by atoms with van der Waals surface area (Å²) in [5.41, 5.74) is 3.89. The third-order valence-electron chi connectivity index (χ3n) is 6.45. The largest absolute Gasteiger partial charge is 0.339 e. The number of para-hydroxylation sites is 1. The maximum Gasteiger partial charge on any atom is 0.253 e. The Morgan fingerprint density at radius 3 is 2.66 bits per heavy atom. The van der Waals surface area contributed by atoms with E-state index in [1.807, 2.05) is 69.3 Å². The average Bonchev–Trinajstić information content (AvgIpc) is 3.50. The maximum atomic E-state index is 13.2. The van der Waals surface area contributed by atoms with Gasteiger partial charge in [-0.25, -0.2) is 4.98 Å². The molecule has 5 rings (SSSR count). The number of thioether (sulfide) groups is 1. The van der Waals surface area contributed by atoms with Crippen molar-refractivity contribution in [2.24, 2.45) is 5.92 Å². The van der Waals surface area contributed by atoms with Crippen molar-refractivity contribution in [2.45, 2.75) is 24.4 Å². The van der Waals surface area contributed by atoms with Crippen molar-refractivity contribution in [3.8, 4) is 5.69 Å². The summed E-state index contributed by atoms with van der Waals surface area (Å²) in [6.07, 6.45) is 8.00. The number of benzene rings is 2. The molecule has 2 aliphatic rings. The van der Waals surface area contributed by atoms with E-state index < -0.39 is 0 Å². The van der Waals surface area contributed by atoms with E-state index in [-0.39, 0.29) is 17.7 Å². The number of likely N-dealkylation sites (tertiary alicyclic amines) is 1. The van der Waals surface area contributed by atoms with Crippen LogP contribution < -0.4 is 4.90 Å². The van der Waals surface area contributed by atoms with Gasteiger partial charge in [0.1, 0.15) is 0 Å². The minimum absolute atomic E-state index is 0.0216. The number of imidazole rings is 1. The van der Waals surface area contributed by atoms with Gasteiger partial charge >= 0.3 is 0 Å². The number of carbonyl (C=O) groups is 2. The molecule has 32 heavy (non-hydrogen) atoms. The summed E-state index contributed by atoms with van der Waals surface area (Å²) in [5, 5.41) is 0.886. The molecule has 0 N–H and O–H groups in total. The lowest BCUT2D eigenvalue weighted by Gasteiger charge is -2.33. The summed E-state index contributed by atoms with van der Waals surface area (Å²) in [5.74, 6) is 0.204. The van der Waals surface area contributed by atoms with Gasteiger partial charge in [-0.2, -0.15) is 0 Å². The molecule has 6 nitrogen and oxygen atoms in total. The van der Waals surface area contributed by atoms with Crippen LogP contribution in [0.15, 0.2) is 66.1 Å². The van der Waals surface area contributed by atoms with Crippen LogP contribution in [0.1, 0.15) is 28.8 Å². The zero-order valence-electron chi connectivity index (χ0n) is 18.1. The van der Waals surface area contributed by atoms with Crippen molar-refractivity contribution in [2.75, 3.05) is 30.8 Å². The van der Waals surface area contributed by atoms with E-state index in [1.165, 1.54) is 5.56 Å². The molecule has 0 atom stereocenters. The molecular weight excluding hydrogens is 420 g/mol. The van der Waals surface area contributed by atoms with Crippen molar-refractivity contribution in [3.05, 3.63) is 72.1 Å². The topological polar surface area (TPSA) is 58.4 Å². The molecule has 3 heterocycles. The predicted octanol–water partition coefficient (Wildman–Crippen LogP) is 4.04. The van der Waals surface area contributed by atoms with Crippen LogP contribution in [-0.2, 0) is 11.2 Å². The fourth-order valence-corrected chi connectivity index (χ4v) is 5.25. The highest BCUT2D eigenvalue weighted by molar-refractivity contribution is 7.98. The third kappa shape index (κ3) is 3.81. The summed E-state index contributed by atoms with van der Waals surface area (Å²) in [4.78, 5) is 34.5. The molecule has 0 radical (unpaired) electrons. The summed E-state index contributed by atoms with van der Waals surface area (Å²) < 4.78 is 1.99. The molecule has 1 fully saturated rings. The molecule has 7 heteroatoms. The molecule has 0 saturated carbocycles. The van der Waals surface area contributed by atoms with E-state index in [4.69, 9.17) is 0 Å². The van der Waals surface area contributed by atoms with Crippen LogP contribution in [0.25, 0.3) is 5.69 Å². The van der Waals surface area contributed by atoms with Crippen molar-refractivity contribution in [1.82, 2.24) is 14.5 Å². The first-order valence-corrected chi connectivity index (χ1v) is 12.2. The van der Waals surface area contributed by atoms with E-state index in [2.05, 4.69) is 11.1 Å². The Morgan fingerprint density at radius 2 is 1.84 bits per heavy atom. The Bertz CT molecular complexity index is 1150. The summed E-state index contributed by atoms with van der Waals surface area (Å²) in [6.45, 7) is 1.97. The molecule has 0 aliphatic carbocycles. The normalized spacial score (nSPS) is 16.3. The average molecular weight is 447 g/mol. The van der Waals surface area contributed by atoms with E-state index in [9.17, 15) is 9.59 Å². The Morgan fingerprint density at radius 1 is 1.03 bits per heavy atom. The molecule has 2 amide bonds. The van der Waals surface area contributed by atoms with Crippen LogP contribution >= 0.6 is 11.8 Å². The first kappa shape index (κ1) is 20.8. The minimum atomic E-state index is -0.0216. The number of amides is 2. The quantitative estimate of drug-likeness (QED) is 0.568. The molecule has 1 saturated heterocycles. The number of anilines is 1. The van der Waals surface area contributed by atoms with Gasteiger partial charge in [0.25, 0.3) is 5.91 Å². The van der Waals surface area contributed by atoms with Crippen molar-refractivity contribution < 1.29 is 9.59 Å². The highest BCUT2D eigenvalue weighted by Crippen LogP contribution is 2.31. The standard InChI is InChI=1S/C25H26N4O2S/c1-32-25-26-12-16-28(25)21-7-4-6-20(17-21)23(30)27-13-9-19(10-14-27)24(31)29-15-11-18-5-2-3-8-22(18)29/h2-8,12,16-17,19H,9-11,13-15H2,1H3. The smallest absolute Gasteiger partial charge is 0.253 e. The van der Waals surface area contributed by atoms with Crippen LogP contribution in [0.4, 0.5) is 5.69 Å². The van der Waals surface area contributed by atoms with E-state index in [0.717, 1.165) is 29.5 Å². The monoisotopic (exact) mass is 446 g/mol. The lowest BCUT2D eigenvalue weighted by Crippen LogP contribution is -2.44. The number of hydrogen-bond acceptors (Lipinski definition) is 4. The number of carbonyl (C=O) groups excluding carboxylic acids is 2. The maximum absolute atomic E-state index is 13.2. The van der Waals surface area contributed by atoms with Gasteiger partial charge in [0.2, 0.25) is 5.91 Å². The second kappa shape index (κ2) is 8.82. The number of fused-ring (bicyclic) bond motifs is 1. The third-order valence-corrected chi connectivity index (χ3v) is 7.11. The van der Waals surface area contributed by atoms with Crippen LogP contribution in [-0.4, -0.2) is 52.2 Å². The fraction of sp³-hybridized carbons (Fsp3) is 0.320. The van der Waals surface area contributed by atoms with Gasteiger partial charge in [-0.05, 0) is 55.3 Å². The van der Waals surface area contributed by atoms with E-state index >= 15 is 0 Å². The number of rotatable bonds is 4. The van der Waals surface area contributed by atoms with Crippen molar-refractivity contribution in [1.29, 1.82) is 0 Å². The molecule has 0 bridgehead atoms. The highest BCUT2D eigenvalue weighted by atomic mass is 32.2. The Kier molecular flexibility index (Phi) is 5.74. The molecule has 2 aliphatic heterocycles. The molecule has 0 unspecified atom stereocenters. The Labute approximate surface area is 192 Å². The number of piperidine rings is 1. The zero-order chi connectivity index (χ0) is 22.1. The van der Waals surface area contributed by atoms with Gasteiger partial charge in [-0.1, -0.05) is 36.0 Å². The lowest BCUT2D eigenvalue weighted by atomic mass is 9.94. The van der Waals surface area contributed by atoms with Crippen LogP contribution in [0.3, 0.4) is 0 Å². The Hall–Kier alpha value is -3.06.